The Labute approximate surface area is 197 Å². The van der Waals surface area contributed by atoms with Crippen molar-refractivity contribution in [2.45, 2.75) is 19.5 Å². The van der Waals surface area contributed by atoms with Gasteiger partial charge >= 0.3 is 0 Å². The molecule has 4 rings (SSSR count). The Morgan fingerprint density at radius 2 is 1.85 bits per heavy atom. The molecule has 2 amide bonds. The summed E-state index contributed by atoms with van der Waals surface area (Å²) in [5.41, 5.74) is 2.31. The molecule has 3 aromatic rings. The molecule has 0 fully saturated rings. The highest BCUT2D eigenvalue weighted by Crippen LogP contribution is 2.27. The van der Waals surface area contributed by atoms with Crippen molar-refractivity contribution in [2.24, 2.45) is 0 Å². The van der Waals surface area contributed by atoms with E-state index in [4.69, 9.17) is 9.47 Å². The number of hydrogen-bond acceptors (Lipinski definition) is 5. The number of likely N-dealkylation sites (N-methyl/N-ethyl adjacent to an activating group) is 1. The second kappa shape index (κ2) is 9.94. The number of halogens is 1. The minimum atomic E-state index is -0.337. The molecule has 0 bridgehead atoms. The molecule has 0 atom stereocenters. The highest BCUT2D eigenvalue weighted by molar-refractivity contribution is 5.98. The van der Waals surface area contributed by atoms with Crippen LogP contribution in [-0.2, 0) is 19.5 Å². The molecular formula is C25H27FN4O4. The molecule has 0 saturated heterocycles. The molecule has 0 radical (unpaired) electrons. The molecule has 34 heavy (non-hydrogen) atoms. The summed E-state index contributed by atoms with van der Waals surface area (Å²) in [4.78, 5) is 29.1. The Morgan fingerprint density at radius 1 is 1.06 bits per heavy atom. The highest BCUT2D eigenvalue weighted by Gasteiger charge is 2.28. The van der Waals surface area contributed by atoms with Crippen molar-refractivity contribution >= 4 is 11.8 Å². The fourth-order valence-electron chi connectivity index (χ4n) is 3.98. The summed E-state index contributed by atoms with van der Waals surface area (Å²) in [6.45, 7) is 1.68. The number of carbonyl (C=O) groups excluding carboxylic acids is 2. The summed E-state index contributed by atoms with van der Waals surface area (Å²) in [5.74, 6) is 0.463. The molecule has 2 aromatic carbocycles. The largest absolute Gasteiger partial charge is 0.493 e. The minimum absolute atomic E-state index is 0.227. The van der Waals surface area contributed by atoms with Crippen LogP contribution >= 0.6 is 0 Å². The van der Waals surface area contributed by atoms with E-state index in [1.165, 1.54) is 18.2 Å². The van der Waals surface area contributed by atoms with Gasteiger partial charge in [0.2, 0.25) is 0 Å². The normalized spacial score (nSPS) is 12.9. The summed E-state index contributed by atoms with van der Waals surface area (Å²) < 4.78 is 25.7. The second-order valence-corrected chi connectivity index (χ2v) is 8.16. The van der Waals surface area contributed by atoms with Gasteiger partial charge in [-0.3, -0.25) is 14.3 Å². The number of rotatable bonds is 8. The van der Waals surface area contributed by atoms with Crippen LogP contribution in [0.15, 0.2) is 48.5 Å². The van der Waals surface area contributed by atoms with Crippen LogP contribution in [0, 0.1) is 5.82 Å². The van der Waals surface area contributed by atoms with E-state index in [9.17, 15) is 14.0 Å². The fourth-order valence-corrected chi connectivity index (χ4v) is 3.98. The number of fused-ring (bicyclic) bond motifs is 1. The van der Waals surface area contributed by atoms with Crippen molar-refractivity contribution in [1.82, 2.24) is 19.6 Å². The SMILES string of the molecule is COc1ccc(CCN(C)C(=O)c2cc3n(n2)CCN(Cc2cccc(F)c2)C3=O)cc1OC. The van der Waals surface area contributed by atoms with Crippen molar-refractivity contribution in [3.05, 3.63) is 76.9 Å². The lowest BCUT2D eigenvalue weighted by Gasteiger charge is -2.27. The molecule has 1 aliphatic heterocycles. The molecular weight excluding hydrogens is 439 g/mol. The van der Waals surface area contributed by atoms with Gasteiger partial charge < -0.3 is 19.3 Å². The van der Waals surface area contributed by atoms with Gasteiger partial charge in [-0.05, 0) is 41.8 Å². The number of aromatic nitrogens is 2. The molecule has 1 aromatic heterocycles. The van der Waals surface area contributed by atoms with Crippen LogP contribution in [0.25, 0.3) is 0 Å². The van der Waals surface area contributed by atoms with E-state index in [2.05, 4.69) is 5.10 Å². The lowest BCUT2D eigenvalue weighted by atomic mass is 10.1. The van der Waals surface area contributed by atoms with Crippen LogP contribution in [0.4, 0.5) is 4.39 Å². The molecule has 0 N–H and O–H groups in total. The predicted octanol–water partition coefficient (Wildman–Crippen LogP) is 3.01. The van der Waals surface area contributed by atoms with E-state index >= 15 is 0 Å². The first-order valence-corrected chi connectivity index (χ1v) is 11.0. The van der Waals surface area contributed by atoms with E-state index in [0.29, 0.717) is 55.4 Å². The van der Waals surface area contributed by atoms with Crippen LogP contribution in [0.5, 0.6) is 11.5 Å². The zero-order valence-corrected chi connectivity index (χ0v) is 19.5. The van der Waals surface area contributed by atoms with E-state index in [-0.39, 0.29) is 23.3 Å². The standard InChI is InChI=1S/C25H27FN4O4/c1-28(10-9-17-7-8-22(33-2)23(14-17)34-3)24(31)20-15-21-25(32)29(11-12-30(21)27-20)16-18-5-4-6-19(26)13-18/h4-8,13-15H,9-12,16H2,1-3H3. The van der Waals surface area contributed by atoms with Crippen LogP contribution in [0.2, 0.25) is 0 Å². The van der Waals surface area contributed by atoms with Gasteiger partial charge in [-0.1, -0.05) is 18.2 Å². The molecule has 0 saturated carbocycles. The first-order chi connectivity index (χ1) is 16.4. The zero-order valence-electron chi connectivity index (χ0n) is 19.5. The second-order valence-electron chi connectivity index (χ2n) is 8.16. The van der Waals surface area contributed by atoms with E-state index in [1.807, 2.05) is 18.2 Å². The molecule has 2 heterocycles. The average Bonchev–Trinajstić information content (AvgIpc) is 3.29. The Balaban J connectivity index is 1.41. The van der Waals surface area contributed by atoms with Gasteiger partial charge in [0, 0.05) is 32.7 Å². The smallest absolute Gasteiger partial charge is 0.274 e. The zero-order chi connectivity index (χ0) is 24.2. The van der Waals surface area contributed by atoms with Crippen LogP contribution in [0.1, 0.15) is 32.1 Å². The van der Waals surface area contributed by atoms with Crippen molar-refractivity contribution in [2.75, 3.05) is 34.4 Å². The summed E-state index contributed by atoms with van der Waals surface area (Å²) in [6.07, 6.45) is 0.622. The van der Waals surface area contributed by atoms with Gasteiger partial charge in [-0.2, -0.15) is 5.10 Å². The van der Waals surface area contributed by atoms with E-state index in [1.54, 1.807) is 47.9 Å². The third-order valence-electron chi connectivity index (χ3n) is 5.88. The first kappa shape index (κ1) is 23.3. The average molecular weight is 467 g/mol. The van der Waals surface area contributed by atoms with Crippen molar-refractivity contribution < 1.29 is 23.5 Å². The molecule has 0 unspecified atom stereocenters. The lowest BCUT2D eigenvalue weighted by molar-refractivity contribution is 0.0681. The van der Waals surface area contributed by atoms with Gasteiger partial charge in [0.25, 0.3) is 11.8 Å². The number of carbonyl (C=O) groups is 2. The number of benzene rings is 2. The van der Waals surface area contributed by atoms with E-state index in [0.717, 1.165) is 5.56 Å². The maximum Gasteiger partial charge on any atom is 0.274 e. The molecule has 0 aliphatic carbocycles. The fraction of sp³-hybridized carbons (Fsp3) is 0.320. The summed E-state index contributed by atoms with van der Waals surface area (Å²) >= 11 is 0. The first-order valence-electron chi connectivity index (χ1n) is 11.0. The molecule has 0 spiro atoms. The summed E-state index contributed by atoms with van der Waals surface area (Å²) in [6, 6.07) is 13.4. The Hall–Kier alpha value is -3.88. The molecule has 9 heteroatoms. The number of nitrogens with zero attached hydrogens (tertiary/aromatic N) is 4. The third kappa shape index (κ3) is 4.88. The number of ether oxygens (including phenoxy) is 2. The van der Waals surface area contributed by atoms with Crippen molar-refractivity contribution in [3.63, 3.8) is 0 Å². The highest BCUT2D eigenvalue weighted by atomic mass is 19.1. The minimum Gasteiger partial charge on any atom is -0.493 e. The maximum absolute atomic E-state index is 13.5. The summed E-state index contributed by atoms with van der Waals surface area (Å²) in [5, 5.41) is 4.36. The van der Waals surface area contributed by atoms with E-state index < -0.39 is 0 Å². The topological polar surface area (TPSA) is 76.9 Å². The van der Waals surface area contributed by atoms with Gasteiger partial charge in [-0.15, -0.1) is 0 Å². The lowest BCUT2D eigenvalue weighted by Crippen LogP contribution is -2.39. The summed E-state index contributed by atoms with van der Waals surface area (Å²) in [7, 11) is 4.87. The Bertz CT molecular complexity index is 1210. The molecule has 178 valence electrons. The van der Waals surface area contributed by atoms with Gasteiger partial charge in [0.15, 0.2) is 17.2 Å². The van der Waals surface area contributed by atoms with Gasteiger partial charge in [0.05, 0.1) is 20.8 Å². The number of amides is 2. The quantitative estimate of drug-likeness (QED) is 0.510. The molecule has 8 nitrogen and oxygen atoms in total. The van der Waals surface area contributed by atoms with Gasteiger partial charge in [-0.25, -0.2) is 4.39 Å². The Kier molecular flexibility index (Phi) is 6.81. The molecule has 1 aliphatic rings. The van der Waals surface area contributed by atoms with Crippen LogP contribution < -0.4 is 9.47 Å². The van der Waals surface area contributed by atoms with Crippen molar-refractivity contribution in [3.8, 4) is 11.5 Å². The van der Waals surface area contributed by atoms with Crippen molar-refractivity contribution in [1.29, 1.82) is 0 Å². The number of hydrogen-bond donors (Lipinski definition) is 0. The van der Waals surface area contributed by atoms with Crippen LogP contribution in [-0.4, -0.2) is 65.8 Å². The third-order valence-corrected chi connectivity index (χ3v) is 5.88. The monoisotopic (exact) mass is 466 g/mol. The Morgan fingerprint density at radius 3 is 2.59 bits per heavy atom. The maximum atomic E-state index is 13.5. The van der Waals surface area contributed by atoms with Crippen LogP contribution in [0.3, 0.4) is 0 Å². The number of methoxy groups -OCH3 is 2. The predicted molar refractivity (Wildman–Crippen MR) is 124 cm³/mol. The van der Waals surface area contributed by atoms with Gasteiger partial charge in [0.1, 0.15) is 11.5 Å².